The summed E-state index contributed by atoms with van der Waals surface area (Å²) in [6.07, 6.45) is 2.55. The van der Waals surface area contributed by atoms with Crippen LogP contribution in [0.15, 0.2) is 18.2 Å². The van der Waals surface area contributed by atoms with E-state index < -0.39 is 0 Å². The Morgan fingerprint density at radius 3 is 2.84 bits per heavy atom. The van der Waals surface area contributed by atoms with Crippen LogP contribution in [0.1, 0.15) is 39.2 Å². The lowest BCUT2D eigenvalue weighted by Gasteiger charge is -2.19. The molecular formula is C16H23NO2. The molecule has 1 aromatic rings. The molecule has 1 fully saturated rings. The molecule has 1 saturated carbocycles. The van der Waals surface area contributed by atoms with Gasteiger partial charge in [-0.15, -0.1) is 0 Å². The van der Waals surface area contributed by atoms with E-state index in [9.17, 15) is 0 Å². The summed E-state index contributed by atoms with van der Waals surface area (Å²) in [6.45, 7) is 8.28. The Kier molecular flexibility index (Phi) is 3.17. The SMILES string of the molecule is CC1CC(C)(C)CC1NCc1cccc2c1OCO2. The summed E-state index contributed by atoms with van der Waals surface area (Å²) in [7, 11) is 0. The van der Waals surface area contributed by atoms with Crippen LogP contribution in [0.2, 0.25) is 0 Å². The molecule has 1 aliphatic heterocycles. The number of hydrogen-bond acceptors (Lipinski definition) is 3. The molecular weight excluding hydrogens is 238 g/mol. The third-order valence-corrected chi connectivity index (χ3v) is 4.37. The van der Waals surface area contributed by atoms with Gasteiger partial charge in [-0.05, 0) is 30.2 Å². The van der Waals surface area contributed by atoms with E-state index in [1.54, 1.807) is 0 Å². The van der Waals surface area contributed by atoms with E-state index in [1.165, 1.54) is 18.4 Å². The largest absolute Gasteiger partial charge is 0.454 e. The summed E-state index contributed by atoms with van der Waals surface area (Å²) in [4.78, 5) is 0. The summed E-state index contributed by atoms with van der Waals surface area (Å²) in [6, 6.07) is 6.72. The molecule has 0 saturated heterocycles. The maximum atomic E-state index is 5.55. The summed E-state index contributed by atoms with van der Waals surface area (Å²) in [5, 5.41) is 3.70. The van der Waals surface area contributed by atoms with Crippen LogP contribution in [-0.4, -0.2) is 12.8 Å². The van der Waals surface area contributed by atoms with E-state index in [-0.39, 0.29) is 0 Å². The number of hydrogen-bond donors (Lipinski definition) is 1. The van der Waals surface area contributed by atoms with Gasteiger partial charge in [0.15, 0.2) is 11.5 Å². The minimum absolute atomic E-state index is 0.346. The fourth-order valence-corrected chi connectivity index (χ4v) is 3.54. The summed E-state index contributed by atoms with van der Waals surface area (Å²) in [5.41, 5.74) is 1.67. The number of fused-ring (bicyclic) bond motifs is 1. The lowest BCUT2D eigenvalue weighted by Crippen LogP contribution is -2.31. The van der Waals surface area contributed by atoms with Crippen molar-refractivity contribution in [1.29, 1.82) is 0 Å². The Bertz CT molecular complexity index is 470. The van der Waals surface area contributed by atoms with Crippen LogP contribution in [-0.2, 0) is 6.54 Å². The molecule has 104 valence electrons. The van der Waals surface area contributed by atoms with Crippen LogP contribution < -0.4 is 14.8 Å². The number of nitrogens with one attached hydrogen (secondary N) is 1. The van der Waals surface area contributed by atoms with Crippen LogP contribution in [0.5, 0.6) is 11.5 Å². The van der Waals surface area contributed by atoms with Crippen molar-refractivity contribution in [3.05, 3.63) is 23.8 Å². The molecule has 3 heteroatoms. The van der Waals surface area contributed by atoms with E-state index in [2.05, 4.69) is 32.2 Å². The first kappa shape index (κ1) is 12.8. The Morgan fingerprint density at radius 2 is 2.11 bits per heavy atom. The smallest absolute Gasteiger partial charge is 0.231 e. The second-order valence-electron chi connectivity index (χ2n) is 6.69. The second kappa shape index (κ2) is 4.71. The Balaban J connectivity index is 1.66. The first-order valence-electron chi connectivity index (χ1n) is 7.16. The minimum atomic E-state index is 0.346. The van der Waals surface area contributed by atoms with Crippen molar-refractivity contribution in [2.45, 2.75) is 46.2 Å². The summed E-state index contributed by atoms with van der Waals surface area (Å²) >= 11 is 0. The molecule has 1 N–H and O–H groups in total. The van der Waals surface area contributed by atoms with Crippen LogP contribution in [0.4, 0.5) is 0 Å². The second-order valence-corrected chi connectivity index (χ2v) is 6.69. The van der Waals surface area contributed by atoms with Crippen molar-refractivity contribution < 1.29 is 9.47 Å². The summed E-state index contributed by atoms with van der Waals surface area (Å²) in [5.74, 6) is 2.53. The number of para-hydroxylation sites is 1. The highest BCUT2D eigenvalue weighted by atomic mass is 16.7. The Morgan fingerprint density at radius 1 is 1.26 bits per heavy atom. The van der Waals surface area contributed by atoms with Gasteiger partial charge in [0.1, 0.15) is 0 Å². The zero-order chi connectivity index (χ0) is 13.5. The van der Waals surface area contributed by atoms with Gasteiger partial charge in [0, 0.05) is 18.2 Å². The normalized spacial score (nSPS) is 27.7. The predicted octanol–water partition coefficient (Wildman–Crippen LogP) is 3.33. The molecule has 1 heterocycles. The van der Waals surface area contributed by atoms with Gasteiger partial charge in [0.25, 0.3) is 0 Å². The third kappa shape index (κ3) is 2.57. The van der Waals surface area contributed by atoms with Crippen molar-refractivity contribution >= 4 is 0 Å². The van der Waals surface area contributed by atoms with Gasteiger partial charge in [-0.3, -0.25) is 0 Å². The molecule has 1 aliphatic carbocycles. The number of benzene rings is 1. The Hall–Kier alpha value is -1.22. The zero-order valence-corrected chi connectivity index (χ0v) is 12.0. The topological polar surface area (TPSA) is 30.5 Å². The molecule has 3 rings (SSSR count). The van der Waals surface area contributed by atoms with E-state index in [0.717, 1.165) is 24.0 Å². The van der Waals surface area contributed by atoms with Crippen LogP contribution in [0.25, 0.3) is 0 Å². The molecule has 3 nitrogen and oxygen atoms in total. The summed E-state index contributed by atoms with van der Waals surface area (Å²) < 4.78 is 11.0. The zero-order valence-electron chi connectivity index (χ0n) is 12.0. The van der Waals surface area contributed by atoms with Gasteiger partial charge < -0.3 is 14.8 Å². The van der Waals surface area contributed by atoms with E-state index in [1.807, 2.05) is 12.1 Å². The molecule has 0 aromatic heterocycles. The molecule has 1 aromatic carbocycles. The molecule has 0 radical (unpaired) electrons. The molecule has 0 bridgehead atoms. The first-order valence-corrected chi connectivity index (χ1v) is 7.16. The maximum absolute atomic E-state index is 5.55. The molecule has 19 heavy (non-hydrogen) atoms. The monoisotopic (exact) mass is 261 g/mol. The molecule has 2 aliphatic rings. The standard InChI is InChI=1S/C16H23NO2/c1-11-7-16(2,3)8-13(11)17-9-12-5-4-6-14-15(12)19-10-18-14/h4-6,11,13,17H,7-10H2,1-3H3. The molecule has 2 unspecified atom stereocenters. The third-order valence-electron chi connectivity index (χ3n) is 4.37. The predicted molar refractivity (Wildman–Crippen MR) is 75.4 cm³/mol. The van der Waals surface area contributed by atoms with E-state index in [4.69, 9.17) is 9.47 Å². The van der Waals surface area contributed by atoms with Gasteiger partial charge in [-0.1, -0.05) is 32.9 Å². The van der Waals surface area contributed by atoms with Crippen LogP contribution >= 0.6 is 0 Å². The van der Waals surface area contributed by atoms with Gasteiger partial charge in [0.05, 0.1) is 0 Å². The van der Waals surface area contributed by atoms with Gasteiger partial charge in [-0.25, -0.2) is 0 Å². The number of ether oxygens (including phenoxy) is 2. The van der Waals surface area contributed by atoms with Crippen LogP contribution in [0, 0.1) is 11.3 Å². The lowest BCUT2D eigenvalue weighted by atomic mass is 9.91. The lowest BCUT2D eigenvalue weighted by molar-refractivity contribution is 0.173. The fraction of sp³-hybridized carbons (Fsp3) is 0.625. The van der Waals surface area contributed by atoms with Gasteiger partial charge in [0.2, 0.25) is 6.79 Å². The van der Waals surface area contributed by atoms with E-state index in [0.29, 0.717) is 18.2 Å². The van der Waals surface area contributed by atoms with Crippen molar-refractivity contribution in [3.63, 3.8) is 0 Å². The van der Waals surface area contributed by atoms with Gasteiger partial charge >= 0.3 is 0 Å². The maximum Gasteiger partial charge on any atom is 0.231 e. The average molecular weight is 261 g/mol. The molecule has 2 atom stereocenters. The quantitative estimate of drug-likeness (QED) is 0.905. The van der Waals surface area contributed by atoms with Gasteiger partial charge in [-0.2, -0.15) is 0 Å². The fourth-order valence-electron chi connectivity index (χ4n) is 3.54. The van der Waals surface area contributed by atoms with E-state index >= 15 is 0 Å². The average Bonchev–Trinajstić information content (AvgIpc) is 2.90. The highest BCUT2D eigenvalue weighted by Gasteiger charge is 2.36. The molecule has 0 amide bonds. The van der Waals surface area contributed by atoms with Crippen molar-refractivity contribution in [2.75, 3.05) is 6.79 Å². The number of rotatable bonds is 3. The van der Waals surface area contributed by atoms with Crippen molar-refractivity contribution in [1.82, 2.24) is 5.32 Å². The van der Waals surface area contributed by atoms with Crippen molar-refractivity contribution in [2.24, 2.45) is 11.3 Å². The Labute approximate surface area is 115 Å². The first-order chi connectivity index (χ1) is 9.05. The van der Waals surface area contributed by atoms with Crippen molar-refractivity contribution in [3.8, 4) is 11.5 Å². The minimum Gasteiger partial charge on any atom is -0.454 e. The highest BCUT2D eigenvalue weighted by molar-refractivity contribution is 5.48. The highest BCUT2D eigenvalue weighted by Crippen LogP contribution is 2.41. The molecule has 0 spiro atoms. The van der Waals surface area contributed by atoms with Crippen LogP contribution in [0.3, 0.4) is 0 Å².